The summed E-state index contributed by atoms with van der Waals surface area (Å²) < 4.78 is 10.1. The number of esters is 1. The number of carbonyl (C=O) groups is 4. The molecule has 2 atom stereocenters. The first-order valence-electron chi connectivity index (χ1n) is 8.01. The number of nitrogens with one attached hydrogen (secondary N) is 1. The molecule has 0 spiro atoms. The van der Waals surface area contributed by atoms with E-state index in [4.69, 9.17) is 9.47 Å². The van der Waals surface area contributed by atoms with Crippen LogP contribution in [-0.4, -0.2) is 59.5 Å². The second kappa shape index (κ2) is 8.12. The van der Waals surface area contributed by atoms with E-state index < -0.39 is 35.7 Å². The first-order valence-corrected chi connectivity index (χ1v) is 8.01. The summed E-state index contributed by atoms with van der Waals surface area (Å²) in [5.74, 6) is -1.40. The SMILES string of the molecule is CCOC(=O)C(CC(C)=O)NC(=O)[C@H]1CCN1C(=O)OC(C)(C)C. The van der Waals surface area contributed by atoms with Crippen LogP contribution in [0.4, 0.5) is 4.79 Å². The fourth-order valence-electron chi connectivity index (χ4n) is 2.19. The molecule has 1 rings (SSSR count). The maximum Gasteiger partial charge on any atom is 0.410 e. The number of Topliss-reactive ketones (excluding diaryl/α,β-unsaturated/α-hetero) is 1. The molecule has 1 aliphatic rings. The molecule has 136 valence electrons. The van der Waals surface area contributed by atoms with Crippen LogP contribution in [0.3, 0.4) is 0 Å². The lowest BCUT2D eigenvalue weighted by atomic mass is 10.0. The Hall–Kier alpha value is -2.12. The second-order valence-electron chi connectivity index (χ2n) is 6.70. The maximum atomic E-state index is 12.3. The third-order valence-corrected chi connectivity index (χ3v) is 3.33. The van der Waals surface area contributed by atoms with Crippen molar-refractivity contribution in [3.05, 3.63) is 0 Å². The van der Waals surface area contributed by atoms with Crippen LogP contribution >= 0.6 is 0 Å². The average Bonchev–Trinajstić information content (AvgIpc) is 2.33. The second-order valence-corrected chi connectivity index (χ2v) is 6.70. The Morgan fingerprint density at radius 3 is 2.29 bits per heavy atom. The molecule has 24 heavy (non-hydrogen) atoms. The van der Waals surface area contributed by atoms with E-state index >= 15 is 0 Å². The normalized spacial score (nSPS) is 18.2. The molecule has 0 aromatic carbocycles. The lowest BCUT2D eigenvalue weighted by Crippen LogP contribution is -2.61. The molecule has 0 saturated carbocycles. The van der Waals surface area contributed by atoms with Gasteiger partial charge in [-0.2, -0.15) is 0 Å². The van der Waals surface area contributed by atoms with Crippen molar-refractivity contribution < 1.29 is 28.7 Å². The molecule has 0 aliphatic carbocycles. The highest BCUT2D eigenvalue weighted by atomic mass is 16.6. The van der Waals surface area contributed by atoms with Gasteiger partial charge in [-0.3, -0.25) is 14.5 Å². The maximum absolute atomic E-state index is 12.3. The van der Waals surface area contributed by atoms with Crippen molar-refractivity contribution in [1.29, 1.82) is 0 Å². The van der Waals surface area contributed by atoms with Gasteiger partial charge in [-0.25, -0.2) is 9.59 Å². The van der Waals surface area contributed by atoms with Crippen molar-refractivity contribution in [3.8, 4) is 0 Å². The van der Waals surface area contributed by atoms with Crippen molar-refractivity contribution >= 4 is 23.8 Å². The van der Waals surface area contributed by atoms with Gasteiger partial charge < -0.3 is 14.8 Å². The largest absolute Gasteiger partial charge is 0.464 e. The summed E-state index contributed by atoms with van der Waals surface area (Å²) in [7, 11) is 0. The molecule has 2 amide bonds. The molecule has 1 N–H and O–H groups in total. The topological polar surface area (TPSA) is 102 Å². The van der Waals surface area contributed by atoms with Crippen LogP contribution in [0.2, 0.25) is 0 Å². The van der Waals surface area contributed by atoms with E-state index in [2.05, 4.69) is 5.32 Å². The van der Waals surface area contributed by atoms with E-state index in [-0.39, 0.29) is 18.8 Å². The Kier molecular flexibility index (Phi) is 6.74. The highest BCUT2D eigenvalue weighted by Crippen LogP contribution is 2.21. The number of carbonyl (C=O) groups excluding carboxylic acids is 4. The van der Waals surface area contributed by atoms with E-state index in [1.54, 1.807) is 27.7 Å². The summed E-state index contributed by atoms with van der Waals surface area (Å²) in [4.78, 5) is 48.8. The number of ether oxygens (including phenoxy) is 2. The highest BCUT2D eigenvalue weighted by Gasteiger charge is 2.41. The van der Waals surface area contributed by atoms with Crippen molar-refractivity contribution in [2.45, 2.75) is 65.1 Å². The predicted molar refractivity (Wildman–Crippen MR) is 85.2 cm³/mol. The van der Waals surface area contributed by atoms with E-state index in [1.807, 2.05) is 0 Å². The molecule has 1 fully saturated rings. The average molecular weight is 342 g/mol. The smallest absolute Gasteiger partial charge is 0.410 e. The van der Waals surface area contributed by atoms with Gasteiger partial charge in [0.1, 0.15) is 23.5 Å². The number of rotatable bonds is 6. The van der Waals surface area contributed by atoms with Crippen LogP contribution in [0.1, 0.15) is 47.5 Å². The molecule has 8 nitrogen and oxygen atoms in total. The van der Waals surface area contributed by atoms with Crippen molar-refractivity contribution in [2.24, 2.45) is 0 Å². The fraction of sp³-hybridized carbons (Fsp3) is 0.750. The highest BCUT2D eigenvalue weighted by molar-refractivity contribution is 5.93. The molecule has 0 radical (unpaired) electrons. The van der Waals surface area contributed by atoms with Gasteiger partial charge in [0.15, 0.2) is 0 Å². The third kappa shape index (κ3) is 5.82. The molecular weight excluding hydrogens is 316 g/mol. The minimum atomic E-state index is -1.05. The number of ketones is 1. The Labute approximate surface area is 141 Å². The Morgan fingerprint density at radius 1 is 1.25 bits per heavy atom. The zero-order chi connectivity index (χ0) is 18.5. The van der Waals surface area contributed by atoms with Gasteiger partial charge in [0.25, 0.3) is 0 Å². The minimum Gasteiger partial charge on any atom is -0.464 e. The number of nitrogens with zero attached hydrogens (tertiary/aromatic N) is 1. The van der Waals surface area contributed by atoms with Gasteiger partial charge in [-0.15, -0.1) is 0 Å². The van der Waals surface area contributed by atoms with Gasteiger partial charge >= 0.3 is 12.1 Å². The van der Waals surface area contributed by atoms with Gasteiger partial charge in [0, 0.05) is 13.0 Å². The van der Waals surface area contributed by atoms with Crippen LogP contribution < -0.4 is 5.32 Å². The first-order chi connectivity index (χ1) is 11.0. The Bertz CT molecular complexity index is 511. The molecule has 1 saturated heterocycles. The molecular formula is C16H26N2O6. The summed E-state index contributed by atoms with van der Waals surface area (Å²) in [5, 5.41) is 2.50. The van der Waals surface area contributed by atoms with Gasteiger partial charge in [0.2, 0.25) is 5.91 Å². The summed E-state index contributed by atoms with van der Waals surface area (Å²) in [6, 6.07) is -1.75. The number of likely N-dealkylation sites (tertiary alicyclic amines) is 1. The van der Waals surface area contributed by atoms with Crippen molar-refractivity contribution in [2.75, 3.05) is 13.2 Å². The van der Waals surface area contributed by atoms with Gasteiger partial charge in [0.05, 0.1) is 6.61 Å². The zero-order valence-electron chi connectivity index (χ0n) is 14.9. The summed E-state index contributed by atoms with van der Waals surface area (Å²) in [6.45, 7) is 8.74. The molecule has 8 heteroatoms. The lowest BCUT2D eigenvalue weighted by Gasteiger charge is -2.40. The standard InChI is InChI=1S/C16H26N2O6/c1-6-23-14(21)11(9-10(2)19)17-13(20)12-7-8-18(12)15(22)24-16(3,4)5/h11-12H,6-9H2,1-5H3,(H,17,20)/t11?,12-/m1/s1. The van der Waals surface area contributed by atoms with Gasteiger partial charge in [-0.1, -0.05) is 0 Å². The summed E-state index contributed by atoms with van der Waals surface area (Å²) in [6.07, 6.45) is -0.252. The molecule has 0 aromatic rings. The van der Waals surface area contributed by atoms with E-state index in [0.29, 0.717) is 13.0 Å². The monoisotopic (exact) mass is 342 g/mol. The fourth-order valence-corrected chi connectivity index (χ4v) is 2.19. The van der Waals surface area contributed by atoms with E-state index in [1.165, 1.54) is 11.8 Å². The molecule has 1 heterocycles. The van der Waals surface area contributed by atoms with Crippen molar-refractivity contribution in [1.82, 2.24) is 10.2 Å². The molecule has 1 unspecified atom stereocenters. The number of amides is 2. The Morgan fingerprint density at radius 2 is 1.88 bits per heavy atom. The molecule has 0 bridgehead atoms. The van der Waals surface area contributed by atoms with Gasteiger partial charge in [-0.05, 0) is 41.0 Å². The number of hydrogen-bond acceptors (Lipinski definition) is 6. The molecule has 0 aromatic heterocycles. The van der Waals surface area contributed by atoms with Crippen molar-refractivity contribution in [3.63, 3.8) is 0 Å². The predicted octanol–water partition coefficient (Wildman–Crippen LogP) is 1.02. The van der Waals surface area contributed by atoms with Crippen LogP contribution in [0.25, 0.3) is 0 Å². The van der Waals surface area contributed by atoms with Crippen LogP contribution in [0.5, 0.6) is 0 Å². The third-order valence-electron chi connectivity index (χ3n) is 3.33. The summed E-state index contributed by atoms with van der Waals surface area (Å²) in [5.41, 5.74) is -0.657. The zero-order valence-corrected chi connectivity index (χ0v) is 14.9. The minimum absolute atomic E-state index is 0.149. The summed E-state index contributed by atoms with van der Waals surface area (Å²) >= 11 is 0. The first kappa shape index (κ1) is 19.9. The van der Waals surface area contributed by atoms with Crippen LogP contribution in [-0.2, 0) is 23.9 Å². The molecule has 1 aliphatic heterocycles. The van der Waals surface area contributed by atoms with E-state index in [9.17, 15) is 19.2 Å². The lowest BCUT2D eigenvalue weighted by molar-refractivity contribution is -0.149. The quantitative estimate of drug-likeness (QED) is 0.723. The number of hydrogen-bond donors (Lipinski definition) is 1. The van der Waals surface area contributed by atoms with Crippen LogP contribution in [0.15, 0.2) is 0 Å². The van der Waals surface area contributed by atoms with E-state index in [0.717, 1.165) is 0 Å². The van der Waals surface area contributed by atoms with Crippen LogP contribution in [0, 0.1) is 0 Å². The Balaban J connectivity index is 2.68.